The number of tetrazole rings is 1. The second-order valence-electron chi connectivity index (χ2n) is 5.37. The van der Waals surface area contributed by atoms with Gasteiger partial charge in [-0.2, -0.15) is 0 Å². The van der Waals surface area contributed by atoms with Crippen molar-refractivity contribution in [1.82, 2.24) is 20.2 Å². The fraction of sp³-hybridized carbons (Fsp3) is 0.222. The van der Waals surface area contributed by atoms with Gasteiger partial charge in [-0.25, -0.2) is 9.48 Å². The number of ether oxygens (including phenoxy) is 2. The molecule has 0 spiro atoms. The van der Waals surface area contributed by atoms with E-state index in [9.17, 15) is 4.79 Å². The van der Waals surface area contributed by atoms with Gasteiger partial charge >= 0.3 is 5.97 Å². The molecule has 1 heterocycles. The van der Waals surface area contributed by atoms with Crippen LogP contribution in [0.25, 0.3) is 5.69 Å². The standard InChI is InChI=1S/C18H18N4O3/c1-2-3-11-24-16-9-7-14(8-10-16)18(23)25-17-6-4-5-15(12-17)22-13-19-20-21-22/h4-10,12-13H,2-3,11H2,1H3. The Morgan fingerprint density at radius 3 is 2.68 bits per heavy atom. The van der Waals surface area contributed by atoms with E-state index < -0.39 is 5.97 Å². The highest BCUT2D eigenvalue weighted by Gasteiger charge is 2.10. The summed E-state index contributed by atoms with van der Waals surface area (Å²) in [6.07, 6.45) is 3.55. The van der Waals surface area contributed by atoms with Crippen molar-refractivity contribution in [1.29, 1.82) is 0 Å². The molecule has 0 amide bonds. The molecule has 7 nitrogen and oxygen atoms in total. The van der Waals surface area contributed by atoms with Crippen LogP contribution in [0.1, 0.15) is 30.1 Å². The van der Waals surface area contributed by atoms with E-state index in [0.29, 0.717) is 23.6 Å². The minimum absolute atomic E-state index is 0.418. The van der Waals surface area contributed by atoms with Gasteiger partial charge in [-0.15, -0.1) is 5.10 Å². The molecule has 0 fully saturated rings. The van der Waals surface area contributed by atoms with Crippen molar-refractivity contribution in [2.45, 2.75) is 19.8 Å². The van der Waals surface area contributed by atoms with Crippen molar-refractivity contribution >= 4 is 5.97 Å². The molecular formula is C18H18N4O3. The Kier molecular flexibility index (Phi) is 5.36. The molecule has 0 saturated heterocycles. The van der Waals surface area contributed by atoms with Gasteiger partial charge in [0, 0.05) is 6.07 Å². The lowest BCUT2D eigenvalue weighted by molar-refractivity contribution is 0.0734. The summed E-state index contributed by atoms with van der Waals surface area (Å²) >= 11 is 0. The number of carbonyl (C=O) groups excluding carboxylic acids is 1. The number of benzene rings is 2. The number of esters is 1. The molecule has 0 atom stereocenters. The molecule has 3 rings (SSSR count). The Labute approximate surface area is 145 Å². The molecule has 2 aromatic carbocycles. The number of nitrogens with zero attached hydrogens (tertiary/aromatic N) is 4. The third-order valence-electron chi connectivity index (χ3n) is 3.50. The molecule has 3 aromatic rings. The Balaban J connectivity index is 1.65. The van der Waals surface area contributed by atoms with E-state index in [1.165, 1.54) is 11.0 Å². The highest BCUT2D eigenvalue weighted by atomic mass is 16.5. The Bertz CT molecular complexity index is 817. The number of hydrogen-bond donors (Lipinski definition) is 0. The van der Waals surface area contributed by atoms with Crippen LogP contribution < -0.4 is 9.47 Å². The average molecular weight is 338 g/mol. The SMILES string of the molecule is CCCCOc1ccc(C(=O)Oc2cccc(-n3cnnn3)c2)cc1. The van der Waals surface area contributed by atoms with Gasteiger partial charge in [-0.1, -0.05) is 19.4 Å². The molecule has 0 unspecified atom stereocenters. The van der Waals surface area contributed by atoms with Crippen LogP contribution in [0.4, 0.5) is 0 Å². The second-order valence-corrected chi connectivity index (χ2v) is 5.37. The molecule has 0 N–H and O–H groups in total. The third-order valence-corrected chi connectivity index (χ3v) is 3.50. The fourth-order valence-corrected chi connectivity index (χ4v) is 2.16. The van der Waals surface area contributed by atoms with Gasteiger partial charge in [0.15, 0.2) is 0 Å². The summed E-state index contributed by atoms with van der Waals surface area (Å²) in [6.45, 7) is 2.78. The fourth-order valence-electron chi connectivity index (χ4n) is 2.16. The highest BCUT2D eigenvalue weighted by Crippen LogP contribution is 2.18. The molecule has 1 aromatic heterocycles. The van der Waals surface area contributed by atoms with E-state index in [4.69, 9.17) is 9.47 Å². The summed E-state index contributed by atoms with van der Waals surface area (Å²) in [5.74, 6) is 0.723. The van der Waals surface area contributed by atoms with Gasteiger partial charge in [0.05, 0.1) is 17.9 Å². The largest absolute Gasteiger partial charge is 0.494 e. The van der Waals surface area contributed by atoms with Crippen LogP contribution in [0.2, 0.25) is 0 Å². The summed E-state index contributed by atoms with van der Waals surface area (Å²) in [7, 11) is 0. The van der Waals surface area contributed by atoms with Gasteiger partial charge in [0.1, 0.15) is 17.8 Å². The average Bonchev–Trinajstić information content (AvgIpc) is 3.17. The molecule has 0 bridgehead atoms. The molecule has 25 heavy (non-hydrogen) atoms. The monoisotopic (exact) mass is 338 g/mol. The highest BCUT2D eigenvalue weighted by molar-refractivity contribution is 5.91. The molecule has 0 aliphatic rings. The van der Waals surface area contributed by atoms with E-state index in [0.717, 1.165) is 18.6 Å². The zero-order valence-corrected chi connectivity index (χ0v) is 13.8. The van der Waals surface area contributed by atoms with Gasteiger partial charge < -0.3 is 9.47 Å². The third kappa shape index (κ3) is 4.41. The minimum Gasteiger partial charge on any atom is -0.494 e. The van der Waals surface area contributed by atoms with Crippen LogP contribution in [0.5, 0.6) is 11.5 Å². The quantitative estimate of drug-likeness (QED) is 0.374. The number of aromatic nitrogens is 4. The van der Waals surface area contributed by atoms with Crippen LogP contribution in [0.15, 0.2) is 54.9 Å². The van der Waals surface area contributed by atoms with Crippen molar-refractivity contribution in [2.75, 3.05) is 6.61 Å². The maximum Gasteiger partial charge on any atom is 0.343 e. The zero-order valence-electron chi connectivity index (χ0n) is 13.8. The summed E-state index contributed by atoms with van der Waals surface area (Å²) in [5, 5.41) is 11.0. The first kappa shape index (κ1) is 16.6. The maximum absolute atomic E-state index is 12.3. The summed E-state index contributed by atoms with van der Waals surface area (Å²) < 4.78 is 12.5. The first-order valence-electron chi connectivity index (χ1n) is 8.05. The van der Waals surface area contributed by atoms with Crippen LogP contribution in [-0.4, -0.2) is 32.8 Å². The van der Waals surface area contributed by atoms with Crippen molar-refractivity contribution in [3.63, 3.8) is 0 Å². The van der Waals surface area contributed by atoms with Crippen LogP contribution in [-0.2, 0) is 0 Å². The molecule has 0 aliphatic heterocycles. The lowest BCUT2D eigenvalue weighted by Crippen LogP contribution is -2.09. The Hall–Kier alpha value is -3.22. The van der Waals surface area contributed by atoms with E-state index in [1.807, 2.05) is 6.07 Å². The van der Waals surface area contributed by atoms with Crippen molar-refractivity contribution < 1.29 is 14.3 Å². The summed E-state index contributed by atoms with van der Waals surface area (Å²) in [5.41, 5.74) is 1.16. The lowest BCUT2D eigenvalue weighted by atomic mass is 10.2. The van der Waals surface area contributed by atoms with Gasteiger partial charge in [-0.05, 0) is 53.2 Å². The normalized spacial score (nSPS) is 10.4. The molecule has 7 heteroatoms. The number of carbonyl (C=O) groups is 1. The summed E-state index contributed by atoms with van der Waals surface area (Å²) in [6, 6.07) is 13.9. The van der Waals surface area contributed by atoms with E-state index in [-0.39, 0.29) is 0 Å². The summed E-state index contributed by atoms with van der Waals surface area (Å²) in [4.78, 5) is 12.3. The minimum atomic E-state index is -0.436. The van der Waals surface area contributed by atoms with Crippen LogP contribution in [0, 0.1) is 0 Å². The zero-order chi connectivity index (χ0) is 17.5. The predicted molar refractivity (Wildman–Crippen MR) is 91.0 cm³/mol. The number of hydrogen-bond acceptors (Lipinski definition) is 6. The Morgan fingerprint density at radius 2 is 1.96 bits per heavy atom. The van der Waals surface area contributed by atoms with Crippen molar-refractivity contribution in [3.05, 3.63) is 60.4 Å². The van der Waals surface area contributed by atoms with Crippen LogP contribution in [0.3, 0.4) is 0 Å². The first-order valence-corrected chi connectivity index (χ1v) is 8.05. The molecule has 128 valence electrons. The van der Waals surface area contributed by atoms with E-state index in [1.54, 1.807) is 42.5 Å². The molecular weight excluding hydrogens is 320 g/mol. The maximum atomic E-state index is 12.3. The number of rotatable bonds is 7. The number of unbranched alkanes of at least 4 members (excludes halogenated alkanes) is 1. The molecule has 0 aliphatic carbocycles. The van der Waals surface area contributed by atoms with E-state index in [2.05, 4.69) is 22.4 Å². The van der Waals surface area contributed by atoms with E-state index >= 15 is 0 Å². The first-order chi connectivity index (χ1) is 12.3. The van der Waals surface area contributed by atoms with Crippen molar-refractivity contribution in [2.24, 2.45) is 0 Å². The van der Waals surface area contributed by atoms with Crippen LogP contribution >= 0.6 is 0 Å². The van der Waals surface area contributed by atoms with Crippen molar-refractivity contribution in [3.8, 4) is 17.2 Å². The molecule has 0 saturated carbocycles. The predicted octanol–water partition coefficient (Wildman–Crippen LogP) is 3.06. The smallest absolute Gasteiger partial charge is 0.343 e. The van der Waals surface area contributed by atoms with Gasteiger partial charge in [0.25, 0.3) is 0 Å². The topological polar surface area (TPSA) is 79.1 Å². The lowest BCUT2D eigenvalue weighted by Gasteiger charge is -2.08. The molecule has 0 radical (unpaired) electrons. The second kappa shape index (κ2) is 8.05. The van der Waals surface area contributed by atoms with Gasteiger partial charge in [0.2, 0.25) is 0 Å². The van der Waals surface area contributed by atoms with Gasteiger partial charge in [-0.3, -0.25) is 0 Å². The Morgan fingerprint density at radius 1 is 1.12 bits per heavy atom.